The molecule has 68 heavy (non-hydrogen) atoms. The fourth-order valence-electron chi connectivity index (χ4n) is 9.41. The first-order chi connectivity index (χ1) is 32.2. The number of imidazole rings is 2. The van der Waals surface area contributed by atoms with Crippen molar-refractivity contribution < 1.29 is 55.7 Å². The van der Waals surface area contributed by atoms with Gasteiger partial charge in [-0.2, -0.15) is 34.3 Å². The number of hydrogen-bond acceptors (Lipinski definition) is 11. The Hall–Kier alpha value is -5.80. The van der Waals surface area contributed by atoms with Crippen molar-refractivity contribution >= 4 is 41.5 Å². The van der Waals surface area contributed by atoms with Crippen LogP contribution in [0.2, 0.25) is 0 Å². The van der Waals surface area contributed by atoms with Gasteiger partial charge in [0.05, 0.1) is 69.8 Å². The van der Waals surface area contributed by atoms with E-state index in [1.807, 2.05) is 26.4 Å². The van der Waals surface area contributed by atoms with E-state index in [2.05, 4.69) is 29.7 Å². The number of alkyl halides is 4. The Labute approximate surface area is 395 Å². The summed E-state index contributed by atoms with van der Waals surface area (Å²) in [5, 5.41) is 0. The summed E-state index contributed by atoms with van der Waals surface area (Å²) in [6.07, 6.45) is 6.62. The van der Waals surface area contributed by atoms with E-state index in [4.69, 9.17) is 14.2 Å². The third-order valence-electron chi connectivity index (χ3n) is 12.7. The normalized spacial score (nSPS) is 20.5. The zero-order valence-electron chi connectivity index (χ0n) is 39.3. The number of thioether (sulfide) groups is 1. The molecule has 366 valence electrons. The average Bonchev–Trinajstić information content (AvgIpc) is 4.18. The number of aliphatic imine (C=N–C) groups is 1. The van der Waals surface area contributed by atoms with Crippen molar-refractivity contribution in [1.82, 2.24) is 34.6 Å². The maximum Gasteiger partial charge on any atom is 0.433 e. The molecule has 3 aliphatic heterocycles. The van der Waals surface area contributed by atoms with Crippen LogP contribution in [-0.4, -0.2) is 136 Å². The highest BCUT2D eigenvalue weighted by atomic mass is 32.2. The van der Waals surface area contributed by atoms with Gasteiger partial charge < -0.3 is 38.7 Å². The molecule has 0 radical (unpaired) electrons. The van der Waals surface area contributed by atoms with Crippen LogP contribution in [-0.2, 0) is 40.4 Å². The number of nitrogens with one attached hydrogen (secondary N) is 2. The van der Waals surface area contributed by atoms with Gasteiger partial charge in [0.1, 0.15) is 23.4 Å². The van der Waals surface area contributed by atoms with E-state index >= 15 is 17.6 Å². The predicted molar refractivity (Wildman–Crippen MR) is 245 cm³/mol. The van der Waals surface area contributed by atoms with Crippen molar-refractivity contribution in [2.75, 3.05) is 60.1 Å². The first kappa shape index (κ1) is 50.1. The zero-order chi connectivity index (χ0) is 49.5. The van der Waals surface area contributed by atoms with E-state index in [0.29, 0.717) is 30.9 Å². The Bertz CT molecular complexity index is 2580. The standard InChI is InChI=1S/C45H50F4N8O8.C2H6S/c1-23(2)35(54-41(60)62-6)39(58)57-22-43(64-15-16-65-43)19-34(57)38-51-21-32(53-38)26-11-13-28-27-12-10-25(17-29(27)44(46,47)45(48,49)30(28)18-26)31-20-50-37(52-31)33-9-8-14-56(33)40(59)36(24(3)4)55(5)42(61)63-7;1-3-2/h10-13,17-18,20-21,23-24,33-34,36H,8-9,14-16,19,22H2,1-7H3,(H,50,52)(H,51,53);1-2H3/b54-35+;/t33-,34-,36?;/m0./s1. The average molecular weight is 969 g/mol. The maximum atomic E-state index is 16.3. The molecule has 3 atom stereocenters. The third-order valence-corrected chi connectivity index (χ3v) is 12.7. The molecule has 4 aromatic rings. The summed E-state index contributed by atoms with van der Waals surface area (Å²) in [5.74, 6) is -11.4. The molecular formula is C47H56F4N8O8S. The number of amides is 4. The van der Waals surface area contributed by atoms with Crippen molar-refractivity contribution in [3.8, 4) is 33.6 Å². The number of H-pyrrole nitrogens is 2. The highest BCUT2D eigenvalue weighted by Crippen LogP contribution is 2.59. The SMILES string of the molecule is COC(=O)/N=C(/C(=O)N1CC2(C[C@H]1c1ncc(-c3ccc4c(c3)C(F)(F)C(F)(F)c3cc(-c5cnc([C@@H]6CCCN6C(=O)C(C(C)C)N(C)C(=O)OC)[nH]5)ccc3-4)[nH]1)OCCO2)C(C)C.CSC. The molecule has 1 spiro atoms. The number of methoxy groups -OCH3 is 2. The van der Waals surface area contributed by atoms with E-state index in [0.717, 1.165) is 19.2 Å². The molecule has 0 bridgehead atoms. The zero-order valence-corrected chi connectivity index (χ0v) is 40.1. The molecule has 2 N–H and O–H groups in total. The lowest BCUT2D eigenvalue weighted by Gasteiger charge is -2.35. The molecule has 1 aliphatic carbocycles. The smallest absolute Gasteiger partial charge is 0.433 e. The topological polar surface area (TPSA) is 185 Å². The lowest BCUT2D eigenvalue weighted by molar-refractivity contribution is -0.225. The quantitative estimate of drug-likeness (QED) is 0.121. The van der Waals surface area contributed by atoms with Gasteiger partial charge in [-0.15, -0.1) is 0 Å². The number of ether oxygens (including phenoxy) is 4. The fraction of sp³-hybridized carbons (Fsp3) is 0.511. The number of likely N-dealkylation sites (tertiary alicyclic amines) is 2. The molecule has 21 heteroatoms. The summed E-state index contributed by atoms with van der Waals surface area (Å²) in [6, 6.07) is 5.77. The molecule has 0 saturated carbocycles. The lowest BCUT2D eigenvalue weighted by Crippen LogP contribution is -2.51. The summed E-state index contributed by atoms with van der Waals surface area (Å²) in [5.41, 5.74) is -1.10. The van der Waals surface area contributed by atoms with Gasteiger partial charge in [0.15, 0.2) is 5.79 Å². The Kier molecular flexibility index (Phi) is 14.5. The number of rotatable bonds is 9. The minimum atomic E-state index is -4.65. The van der Waals surface area contributed by atoms with Gasteiger partial charge in [-0.3, -0.25) is 14.5 Å². The number of hydrogen-bond donors (Lipinski definition) is 2. The number of carbonyl (C=O) groups is 4. The summed E-state index contributed by atoms with van der Waals surface area (Å²) in [7, 11) is 3.88. The van der Waals surface area contributed by atoms with Gasteiger partial charge in [-0.05, 0) is 54.5 Å². The van der Waals surface area contributed by atoms with Gasteiger partial charge in [0.2, 0.25) is 5.91 Å². The number of halogens is 4. The highest BCUT2D eigenvalue weighted by molar-refractivity contribution is 7.97. The number of benzene rings is 2. The lowest BCUT2D eigenvalue weighted by atomic mass is 9.79. The molecule has 4 aliphatic rings. The van der Waals surface area contributed by atoms with Gasteiger partial charge in [-0.1, -0.05) is 52.0 Å². The van der Waals surface area contributed by atoms with Crippen LogP contribution in [0.5, 0.6) is 0 Å². The van der Waals surface area contributed by atoms with Gasteiger partial charge in [0.25, 0.3) is 5.91 Å². The molecule has 1 unspecified atom stereocenters. The van der Waals surface area contributed by atoms with Gasteiger partial charge >= 0.3 is 24.0 Å². The Morgan fingerprint density at radius 1 is 0.838 bits per heavy atom. The second kappa shape index (κ2) is 19.7. The molecule has 3 fully saturated rings. The number of fused-ring (bicyclic) bond motifs is 3. The molecule has 2 aromatic carbocycles. The van der Waals surface area contributed by atoms with Crippen molar-refractivity contribution in [2.45, 2.75) is 82.7 Å². The number of aromatic nitrogens is 4. The largest absolute Gasteiger partial charge is 0.453 e. The van der Waals surface area contributed by atoms with Crippen molar-refractivity contribution in [3.05, 3.63) is 71.6 Å². The number of carbonyl (C=O) groups excluding carboxylic acids is 4. The van der Waals surface area contributed by atoms with Crippen LogP contribution < -0.4 is 0 Å². The molecule has 5 heterocycles. The first-order valence-electron chi connectivity index (χ1n) is 22.2. The number of likely N-dealkylation sites (N-methyl/N-ethyl adjacent to an activating group) is 1. The third kappa shape index (κ3) is 9.11. The Morgan fingerprint density at radius 2 is 1.37 bits per heavy atom. The summed E-state index contributed by atoms with van der Waals surface area (Å²) in [4.78, 5) is 75.7. The maximum absolute atomic E-state index is 16.3. The number of nitrogens with zero attached hydrogens (tertiary/aromatic N) is 6. The predicted octanol–water partition coefficient (Wildman–Crippen LogP) is 8.58. The van der Waals surface area contributed by atoms with Crippen LogP contribution in [0.1, 0.15) is 81.8 Å². The van der Waals surface area contributed by atoms with E-state index in [-0.39, 0.29) is 77.5 Å². The van der Waals surface area contributed by atoms with Crippen molar-refractivity contribution in [1.29, 1.82) is 0 Å². The van der Waals surface area contributed by atoms with E-state index < -0.39 is 70.9 Å². The number of aromatic amines is 2. The van der Waals surface area contributed by atoms with E-state index in [9.17, 15) is 19.2 Å². The summed E-state index contributed by atoms with van der Waals surface area (Å²) >= 11 is 1.75. The van der Waals surface area contributed by atoms with Crippen LogP contribution in [0.25, 0.3) is 33.6 Å². The summed E-state index contributed by atoms with van der Waals surface area (Å²) in [6.45, 7) is 8.01. The van der Waals surface area contributed by atoms with Gasteiger partial charge in [-0.25, -0.2) is 19.6 Å². The minimum Gasteiger partial charge on any atom is -0.453 e. The second-order valence-corrected chi connectivity index (χ2v) is 18.6. The molecular weight excluding hydrogens is 913 g/mol. The van der Waals surface area contributed by atoms with Crippen LogP contribution in [0.4, 0.5) is 27.2 Å². The van der Waals surface area contributed by atoms with Crippen molar-refractivity contribution in [3.63, 3.8) is 0 Å². The van der Waals surface area contributed by atoms with Crippen LogP contribution in [0.15, 0.2) is 53.8 Å². The molecule has 16 nitrogen and oxygen atoms in total. The molecule has 4 amide bonds. The fourth-order valence-corrected chi connectivity index (χ4v) is 9.41. The second-order valence-electron chi connectivity index (χ2n) is 17.8. The van der Waals surface area contributed by atoms with Crippen LogP contribution >= 0.6 is 11.8 Å². The first-order valence-corrected chi connectivity index (χ1v) is 23.8. The molecule has 2 aromatic heterocycles. The summed E-state index contributed by atoms with van der Waals surface area (Å²) < 4.78 is 86.5. The van der Waals surface area contributed by atoms with E-state index in [1.54, 1.807) is 36.6 Å². The van der Waals surface area contributed by atoms with E-state index in [1.165, 1.54) is 54.6 Å². The van der Waals surface area contributed by atoms with Gasteiger partial charge in [0, 0.05) is 48.2 Å². The monoisotopic (exact) mass is 968 g/mol. The van der Waals surface area contributed by atoms with Crippen LogP contribution in [0.3, 0.4) is 0 Å². The van der Waals surface area contributed by atoms with Crippen LogP contribution in [0, 0.1) is 11.8 Å². The Balaban J connectivity index is 0.00000222. The van der Waals surface area contributed by atoms with Crippen molar-refractivity contribution in [2.24, 2.45) is 16.8 Å². The molecule has 8 rings (SSSR count). The highest BCUT2D eigenvalue weighted by Gasteiger charge is 2.63. The Morgan fingerprint density at radius 3 is 1.85 bits per heavy atom. The minimum absolute atomic E-state index is 0.0149. The molecule has 3 saturated heterocycles.